The molecule has 1 rings (SSSR count). The highest BCUT2D eigenvalue weighted by Crippen LogP contribution is 2.35. The number of amides is 1. The summed E-state index contributed by atoms with van der Waals surface area (Å²) in [6, 6.07) is 3.26. The molecule has 0 bridgehead atoms. The Morgan fingerprint density at radius 1 is 1.47 bits per heavy atom. The first-order valence-electron chi connectivity index (χ1n) is 6.14. The SMILES string of the molecule is CCC(C)(C)C(=O)Nc1c(Cl)cc(CO)cc1OC. The number of aliphatic hydroxyl groups excluding tert-OH is 1. The van der Waals surface area contributed by atoms with Gasteiger partial charge in [0.25, 0.3) is 0 Å². The van der Waals surface area contributed by atoms with Crippen LogP contribution in [0.4, 0.5) is 5.69 Å². The Hall–Kier alpha value is -1.26. The van der Waals surface area contributed by atoms with Crippen LogP contribution in [0.3, 0.4) is 0 Å². The van der Waals surface area contributed by atoms with E-state index in [1.807, 2.05) is 20.8 Å². The quantitative estimate of drug-likeness (QED) is 0.873. The number of hydrogen-bond acceptors (Lipinski definition) is 3. The smallest absolute Gasteiger partial charge is 0.230 e. The molecule has 0 aliphatic rings. The summed E-state index contributed by atoms with van der Waals surface area (Å²) in [5.74, 6) is 0.323. The van der Waals surface area contributed by atoms with E-state index < -0.39 is 5.41 Å². The van der Waals surface area contributed by atoms with Crippen molar-refractivity contribution in [3.63, 3.8) is 0 Å². The number of benzene rings is 1. The maximum absolute atomic E-state index is 12.2. The standard InChI is InChI=1S/C14H20ClNO3/c1-5-14(2,3)13(18)16-12-10(15)6-9(8-17)7-11(12)19-4/h6-7,17H,5,8H2,1-4H3,(H,16,18). The summed E-state index contributed by atoms with van der Waals surface area (Å²) in [5.41, 5.74) is 0.590. The molecule has 1 aromatic carbocycles. The van der Waals surface area contributed by atoms with Crippen LogP contribution in [0.25, 0.3) is 0 Å². The van der Waals surface area contributed by atoms with Crippen molar-refractivity contribution in [2.24, 2.45) is 5.41 Å². The molecular formula is C14H20ClNO3. The topological polar surface area (TPSA) is 58.6 Å². The molecule has 0 aromatic heterocycles. The van der Waals surface area contributed by atoms with Crippen molar-refractivity contribution in [3.8, 4) is 5.75 Å². The van der Waals surface area contributed by atoms with Crippen molar-refractivity contribution in [1.29, 1.82) is 0 Å². The lowest BCUT2D eigenvalue weighted by Crippen LogP contribution is -2.30. The summed E-state index contributed by atoms with van der Waals surface area (Å²) in [5, 5.41) is 12.3. The molecule has 0 heterocycles. The summed E-state index contributed by atoms with van der Waals surface area (Å²) in [6.07, 6.45) is 0.716. The van der Waals surface area contributed by atoms with Gasteiger partial charge in [0.05, 0.1) is 18.7 Å². The van der Waals surface area contributed by atoms with Crippen molar-refractivity contribution in [3.05, 3.63) is 22.7 Å². The Morgan fingerprint density at radius 3 is 2.58 bits per heavy atom. The summed E-state index contributed by atoms with van der Waals surface area (Å²) < 4.78 is 5.21. The van der Waals surface area contributed by atoms with Gasteiger partial charge in [-0.05, 0) is 24.1 Å². The second-order valence-corrected chi connectivity index (χ2v) is 5.41. The number of carbonyl (C=O) groups is 1. The maximum atomic E-state index is 12.2. The van der Waals surface area contributed by atoms with Crippen LogP contribution in [0.5, 0.6) is 5.75 Å². The number of hydrogen-bond donors (Lipinski definition) is 2. The molecule has 5 heteroatoms. The molecule has 0 radical (unpaired) electrons. The lowest BCUT2D eigenvalue weighted by Gasteiger charge is -2.23. The Kier molecular flexibility index (Phi) is 5.20. The largest absolute Gasteiger partial charge is 0.495 e. The van der Waals surface area contributed by atoms with Crippen molar-refractivity contribution < 1.29 is 14.6 Å². The molecule has 106 valence electrons. The molecule has 0 spiro atoms. The van der Waals surface area contributed by atoms with E-state index in [0.717, 1.165) is 0 Å². The maximum Gasteiger partial charge on any atom is 0.230 e. The van der Waals surface area contributed by atoms with E-state index in [-0.39, 0.29) is 12.5 Å². The van der Waals surface area contributed by atoms with Crippen LogP contribution >= 0.6 is 11.6 Å². The van der Waals surface area contributed by atoms with Gasteiger partial charge in [0.15, 0.2) is 0 Å². The highest BCUT2D eigenvalue weighted by Gasteiger charge is 2.27. The molecule has 4 nitrogen and oxygen atoms in total. The number of ether oxygens (including phenoxy) is 1. The number of carbonyl (C=O) groups excluding carboxylic acids is 1. The molecule has 0 aliphatic carbocycles. The molecule has 19 heavy (non-hydrogen) atoms. The van der Waals surface area contributed by atoms with Gasteiger partial charge in [-0.2, -0.15) is 0 Å². The zero-order valence-corrected chi connectivity index (χ0v) is 12.5. The molecule has 1 amide bonds. The number of halogens is 1. The van der Waals surface area contributed by atoms with Crippen LogP contribution < -0.4 is 10.1 Å². The Labute approximate surface area is 118 Å². The van der Waals surface area contributed by atoms with Gasteiger partial charge in [-0.25, -0.2) is 0 Å². The van der Waals surface area contributed by atoms with Crippen LogP contribution in [0, 0.1) is 5.41 Å². The van der Waals surface area contributed by atoms with E-state index in [9.17, 15) is 4.79 Å². The van der Waals surface area contributed by atoms with Gasteiger partial charge in [0.2, 0.25) is 5.91 Å². The predicted molar refractivity (Wildman–Crippen MR) is 76.6 cm³/mol. The van der Waals surface area contributed by atoms with Gasteiger partial charge in [-0.15, -0.1) is 0 Å². The van der Waals surface area contributed by atoms with Gasteiger partial charge < -0.3 is 15.2 Å². The first-order chi connectivity index (χ1) is 8.85. The van der Waals surface area contributed by atoms with E-state index in [0.29, 0.717) is 28.4 Å². The van der Waals surface area contributed by atoms with Gasteiger partial charge in [0, 0.05) is 5.41 Å². The number of rotatable bonds is 5. The Morgan fingerprint density at radius 2 is 2.11 bits per heavy atom. The number of anilines is 1. The zero-order valence-electron chi connectivity index (χ0n) is 11.7. The molecule has 0 saturated heterocycles. The van der Waals surface area contributed by atoms with E-state index in [1.165, 1.54) is 7.11 Å². The lowest BCUT2D eigenvalue weighted by molar-refractivity contribution is -0.124. The van der Waals surface area contributed by atoms with Gasteiger partial charge in [-0.3, -0.25) is 4.79 Å². The first kappa shape index (κ1) is 15.8. The summed E-state index contributed by atoms with van der Waals surface area (Å²) in [7, 11) is 1.49. The van der Waals surface area contributed by atoms with E-state index in [4.69, 9.17) is 21.4 Å². The first-order valence-corrected chi connectivity index (χ1v) is 6.52. The molecule has 0 aliphatic heterocycles. The third-order valence-electron chi connectivity index (χ3n) is 3.25. The summed E-state index contributed by atoms with van der Waals surface area (Å²) >= 11 is 6.12. The normalized spacial score (nSPS) is 11.3. The third kappa shape index (κ3) is 3.61. The minimum absolute atomic E-state index is 0.119. The second kappa shape index (κ2) is 6.26. The number of nitrogens with one attached hydrogen (secondary N) is 1. The predicted octanol–water partition coefficient (Wildman–Crippen LogP) is 3.22. The molecule has 0 fully saturated rings. The minimum atomic E-state index is -0.482. The van der Waals surface area contributed by atoms with Gasteiger partial charge in [-0.1, -0.05) is 32.4 Å². The van der Waals surface area contributed by atoms with Crippen molar-refractivity contribution in [2.45, 2.75) is 33.8 Å². The average molecular weight is 286 g/mol. The highest BCUT2D eigenvalue weighted by atomic mass is 35.5. The van der Waals surface area contributed by atoms with E-state index >= 15 is 0 Å². The van der Waals surface area contributed by atoms with Gasteiger partial charge in [0.1, 0.15) is 11.4 Å². The fourth-order valence-electron chi connectivity index (χ4n) is 1.45. The summed E-state index contributed by atoms with van der Waals surface area (Å²) in [4.78, 5) is 12.2. The number of aliphatic hydroxyl groups is 1. The lowest BCUT2D eigenvalue weighted by atomic mass is 9.89. The molecular weight excluding hydrogens is 266 g/mol. The fraction of sp³-hybridized carbons (Fsp3) is 0.500. The van der Waals surface area contributed by atoms with E-state index in [1.54, 1.807) is 12.1 Å². The second-order valence-electron chi connectivity index (χ2n) is 5.00. The van der Waals surface area contributed by atoms with Crippen LogP contribution in [-0.2, 0) is 11.4 Å². The molecule has 2 N–H and O–H groups in total. The third-order valence-corrected chi connectivity index (χ3v) is 3.55. The molecule has 0 unspecified atom stereocenters. The zero-order chi connectivity index (χ0) is 14.6. The minimum Gasteiger partial charge on any atom is -0.495 e. The highest BCUT2D eigenvalue weighted by molar-refractivity contribution is 6.34. The van der Waals surface area contributed by atoms with Crippen LogP contribution in [0.1, 0.15) is 32.8 Å². The molecule has 0 saturated carbocycles. The summed E-state index contributed by atoms with van der Waals surface area (Å²) in [6.45, 7) is 5.55. The average Bonchev–Trinajstić information content (AvgIpc) is 2.40. The monoisotopic (exact) mass is 285 g/mol. The van der Waals surface area contributed by atoms with Crippen molar-refractivity contribution in [1.82, 2.24) is 0 Å². The van der Waals surface area contributed by atoms with Crippen molar-refractivity contribution in [2.75, 3.05) is 12.4 Å². The van der Waals surface area contributed by atoms with Crippen molar-refractivity contribution >= 4 is 23.2 Å². The van der Waals surface area contributed by atoms with Crippen LogP contribution in [0.2, 0.25) is 5.02 Å². The van der Waals surface area contributed by atoms with Crippen LogP contribution in [-0.4, -0.2) is 18.1 Å². The Bertz CT molecular complexity index is 472. The Balaban J connectivity index is 3.11. The molecule has 0 atom stereocenters. The van der Waals surface area contributed by atoms with E-state index in [2.05, 4.69) is 5.32 Å². The molecule has 1 aromatic rings. The fourth-order valence-corrected chi connectivity index (χ4v) is 1.73. The van der Waals surface area contributed by atoms with Gasteiger partial charge >= 0.3 is 0 Å². The number of methoxy groups -OCH3 is 1. The van der Waals surface area contributed by atoms with Crippen LogP contribution in [0.15, 0.2) is 12.1 Å².